The molecule has 0 amide bonds. The van der Waals surface area contributed by atoms with Crippen molar-refractivity contribution in [2.75, 3.05) is 0 Å². The second-order valence-electron chi connectivity index (χ2n) is 4.86. The first-order valence-corrected chi connectivity index (χ1v) is 6.46. The van der Waals surface area contributed by atoms with E-state index in [-0.39, 0.29) is 11.6 Å². The predicted octanol–water partition coefficient (Wildman–Crippen LogP) is 4.09. The maximum absolute atomic E-state index is 13.7. The van der Waals surface area contributed by atoms with Crippen LogP contribution in [0.2, 0.25) is 0 Å². The van der Waals surface area contributed by atoms with Gasteiger partial charge in [0.1, 0.15) is 11.6 Å². The summed E-state index contributed by atoms with van der Waals surface area (Å²) in [5.41, 5.74) is 8.15. The van der Waals surface area contributed by atoms with Gasteiger partial charge in [0.2, 0.25) is 0 Å². The van der Waals surface area contributed by atoms with Gasteiger partial charge >= 0.3 is 6.61 Å². The van der Waals surface area contributed by atoms with Crippen molar-refractivity contribution < 1.29 is 17.9 Å². The summed E-state index contributed by atoms with van der Waals surface area (Å²) in [7, 11) is 0. The second kappa shape index (κ2) is 6.18. The Morgan fingerprint density at radius 3 is 2.19 bits per heavy atom. The summed E-state index contributed by atoms with van der Waals surface area (Å²) >= 11 is 0. The lowest BCUT2D eigenvalue weighted by Crippen LogP contribution is -2.15. The third kappa shape index (κ3) is 3.36. The van der Waals surface area contributed by atoms with Crippen LogP contribution in [-0.4, -0.2) is 6.61 Å². The fourth-order valence-corrected chi connectivity index (χ4v) is 2.28. The summed E-state index contributed by atoms with van der Waals surface area (Å²) in [4.78, 5) is 0. The van der Waals surface area contributed by atoms with E-state index >= 15 is 0 Å². The number of para-hydroxylation sites is 1. The van der Waals surface area contributed by atoms with Crippen molar-refractivity contribution in [3.8, 4) is 5.75 Å². The van der Waals surface area contributed by atoms with Crippen molar-refractivity contribution in [3.63, 3.8) is 0 Å². The van der Waals surface area contributed by atoms with E-state index in [1.165, 1.54) is 6.07 Å². The Morgan fingerprint density at radius 2 is 1.62 bits per heavy atom. The number of ether oxygens (including phenoxy) is 1. The largest absolute Gasteiger partial charge is 0.434 e. The monoisotopic (exact) mass is 295 g/mol. The molecule has 5 heteroatoms. The first-order valence-electron chi connectivity index (χ1n) is 6.46. The lowest BCUT2D eigenvalue weighted by atomic mass is 9.95. The van der Waals surface area contributed by atoms with Crippen LogP contribution in [0.1, 0.15) is 28.3 Å². The smallest absolute Gasteiger partial charge is 0.387 e. The van der Waals surface area contributed by atoms with Crippen LogP contribution in [-0.2, 0) is 0 Å². The van der Waals surface area contributed by atoms with Gasteiger partial charge in [0.25, 0.3) is 0 Å². The van der Waals surface area contributed by atoms with Crippen molar-refractivity contribution in [2.45, 2.75) is 26.5 Å². The molecule has 0 aromatic heterocycles. The number of benzene rings is 2. The van der Waals surface area contributed by atoms with E-state index in [1.807, 2.05) is 0 Å². The molecule has 0 aliphatic carbocycles. The summed E-state index contributed by atoms with van der Waals surface area (Å²) in [6, 6.07) is 8.91. The Bertz CT molecular complexity index is 620. The van der Waals surface area contributed by atoms with E-state index in [9.17, 15) is 13.2 Å². The molecule has 1 atom stereocenters. The fraction of sp³-hybridized carbons (Fsp3) is 0.250. The molecule has 0 aliphatic rings. The van der Waals surface area contributed by atoms with Gasteiger partial charge in [-0.1, -0.05) is 30.3 Å². The summed E-state index contributed by atoms with van der Waals surface area (Å²) in [5, 5.41) is 0. The third-order valence-electron chi connectivity index (χ3n) is 3.29. The molecule has 0 saturated carbocycles. The van der Waals surface area contributed by atoms with Crippen LogP contribution in [0, 0.1) is 19.7 Å². The highest BCUT2D eigenvalue weighted by molar-refractivity contribution is 5.43. The van der Waals surface area contributed by atoms with E-state index in [0.29, 0.717) is 22.3 Å². The number of alkyl halides is 2. The quantitative estimate of drug-likeness (QED) is 0.922. The number of aryl methyl sites for hydroxylation is 2. The number of nitrogens with two attached hydrogens (primary N) is 1. The minimum absolute atomic E-state index is 0.0274. The van der Waals surface area contributed by atoms with Gasteiger partial charge in [-0.05, 0) is 36.6 Å². The van der Waals surface area contributed by atoms with Gasteiger partial charge in [0, 0.05) is 5.56 Å². The Hall–Kier alpha value is -2.01. The lowest BCUT2D eigenvalue weighted by molar-refractivity contribution is -0.0505. The Labute approximate surface area is 121 Å². The van der Waals surface area contributed by atoms with Gasteiger partial charge in [0.05, 0.1) is 6.04 Å². The van der Waals surface area contributed by atoms with Gasteiger partial charge in [0.15, 0.2) is 0 Å². The lowest BCUT2D eigenvalue weighted by Gasteiger charge is -2.18. The highest BCUT2D eigenvalue weighted by atomic mass is 19.3. The number of hydrogen-bond donors (Lipinski definition) is 1. The van der Waals surface area contributed by atoms with E-state index in [1.54, 1.807) is 44.2 Å². The molecule has 0 saturated heterocycles. The molecular formula is C16H16F3NO. The van der Waals surface area contributed by atoms with Gasteiger partial charge in [-0.25, -0.2) is 4.39 Å². The van der Waals surface area contributed by atoms with Gasteiger partial charge in [-0.15, -0.1) is 0 Å². The molecule has 2 nitrogen and oxygen atoms in total. The minimum atomic E-state index is -2.92. The Kier molecular flexibility index (Phi) is 4.53. The fourth-order valence-electron chi connectivity index (χ4n) is 2.28. The first kappa shape index (κ1) is 15.4. The number of hydrogen-bond acceptors (Lipinski definition) is 2. The molecule has 1 unspecified atom stereocenters. The maximum Gasteiger partial charge on any atom is 0.387 e. The highest BCUT2D eigenvalue weighted by Crippen LogP contribution is 2.30. The average Bonchev–Trinajstić information content (AvgIpc) is 2.43. The Balaban J connectivity index is 2.43. The molecule has 0 aliphatic heterocycles. The third-order valence-corrected chi connectivity index (χ3v) is 3.29. The van der Waals surface area contributed by atoms with Crippen molar-refractivity contribution >= 4 is 0 Å². The van der Waals surface area contributed by atoms with Gasteiger partial charge in [-0.2, -0.15) is 8.78 Å². The zero-order chi connectivity index (χ0) is 15.6. The topological polar surface area (TPSA) is 35.2 Å². The standard InChI is InChI=1S/C16H16F3NO/c1-9-7-11(8-10(2)14(9)17)15(20)12-5-3-4-6-13(12)21-16(18)19/h3-8,15-16H,20H2,1-2H3. The Morgan fingerprint density at radius 1 is 1.05 bits per heavy atom. The van der Waals surface area contributed by atoms with Gasteiger partial charge < -0.3 is 10.5 Å². The molecular weight excluding hydrogens is 279 g/mol. The number of halogens is 3. The van der Waals surface area contributed by atoms with E-state index < -0.39 is 12.7 Å². The van der Waals surface area contributed by atoms with E-state index in [0.717, 1.165) is 0 Å². The van der Waals surface area contributed by atoms with Crippen LogP contribution in [0.3, 0.4) is 0 Å². The summed E-state index contributed by atoms with van der Waals surface area (Å²) in [6.45, 7) is 0.357. The predicted molar refractivity (Wildman–Crippen MR) is 75.0 cm³/mol. The second-order valence-corrected chi connectivity index (χ2v) is 4.86. The normalized spacial score (nSPS) is 12.5. The van der Waals surface area contributed by atoms with Crippen LogP contribution in [0.4, 0.5) is 13.2 Å². The molecule has 0 spiro atoms. The molecule has 112 valence electrons. The van der Waals surface area contributed by atoms with Crippen LogP contribution >= 0.6 is 0 Å². The molecule has 21 heavy (non-hydrogen) atoms. The molecule has 2 aromatic rings. The van der Waals surface area contributed by atoms with E-state index in [4.69, 9.17) is 5.73 Å². The van der Waals surface area contributed by atoms with Crippen molar-refractivity contribution in [2.24, 2.45) is 5.73 Å². The number of rotatable bonds is 4. The summed E-state index contributed by atoms with van der Waals surface area (Å²) < 4.78 is 43.0. The molecule has 2 aromatic carbocycles. The molecule has 0 bridgehead atoms. The molecule has 0 heterocycles. The molecule has 0 radical (unpaired) electrons. The van der Waals surface area contributed by atoms with E-state index in [2.05, 4.69) is 4.74 Å². The molecule has 0 fully saturated rings. The zero-order valence-electron chi connectivity index (χ0n) is 11.7. The highest BCUT2D eigenvalue weighted by Gasteiger charge is 2.18. The SMILES string of the molecule is Cc1cc(C(N)c2ccccc2OC(F)F)cc(C)c1F. The van der Waals surface area contributed by atoms with Crippen LogP contribution in [0.15, 0.2) is 36.4 Å². The average molecular weight is 295 g/mol. The van der Waals surface area contributed by atoms with Crippen LogP contribution in [0.5, 0.6) is 5.75 Å². The van der Waals surface area contributed by atoms with Crippen LogP contribution in [0.25, 0.3) is 0 Å². The van der Waals surface area contributed by atoms with Gasteiger partial charge in [-0.3, -0.25) is 0 Å². The molecule has 2 N–H and O–H groups in total. The zero-order valence-corrected chi connectivity index (χ0v) is 11.7. The first-order chi connectivity index (χ1) is 9.90. The minimum Gasteiger partial charge on any atom is -0.434 e. The summed E-state index contributed by atoms with van der Waals surface area (Å²) in [5.74, 6) is -0.261. The maximum atomic E-state index is 13.7. The van der Waals surface area contributed by atoms with Crippen molar-refractivity contribution in [1.29, 1.82) is 0 Å². The van der Waals surface area contributed by atoms with Crippen molar-refractivity contribution in [3.05, 3.63) is 64.5 Å². The van der Waals surface area contributed by atoms with Crippen molar-refractivity contribution in [1.82, 2.24) is 0 Å². The van der Waals surface area contributed by atoms with Crippen LogP contribution < -0.4 is 10.5 Å². The summed E-state index contributed by atoms with van der Waals surface area (Å²) in [6.07, 6.45) is 0. The molecule has 2 rings (SSSR count).